The van der Waals surface area contributed by atoms with Gasteiger partial charge in [-0.15, -0.1) is 0 Å². The van der Waals surface area contributed by atoms with Crippen LogP contribution >= 0.6 is 0 Å². The average Bonchev–Trinajstić information content (AvgIpc) is 3.24. The number of aryl methyl sites for hydroxylation is 2. The number of piperidine rings is 1. The van der Waals surface area contributed by atoms with Crippen LogP contribution in [0.5, 0.6) is 0 Å². The van der Waals surface area contributed by atoms with Gasteiger partial charge in [-0.25, -0.2) is 13.0 Å². The SMILES string of the molecule is CCN(Cc1nonc1C)C(=O)C1CCCN(S(=O)(=O)c2cnn(C)c2C)C1. The summed E-state index contributed by atoms with van der Waals surface area (Å²) >= 11 is 0. The van der Waals surface area contributed by atoms with Crippen molar-refractivity contribution in [1.29, 1.82) is 0 Å². The lowest BCUT2D eigenvalue weighted by molar-refractivity contribution is -0.137. The summed E-state index contributed by atoms with van der Waals surface area (Å²) in [5.41, 5.74) is 1.84. The minimum absolute atomic E-state index is 0.0762. The van der Waals surface area contributed by atoms with Gasteiger partial charge in [-0.1, -0.05) is 10.3 Å². The Balaban J connectivity index is 1.75. The van der Waals surface area contributed by atoms with Crippen LogP contribution in [0.2, 0.25) is 0 Å². The van der Waals surface area contributed by atoms with E-state index < -0.39 is 10.0 Å². The molecule has 1 aliphatic rings. The van der Waals surface area contributed by atoms with Gasteiger partial charge in [0.25, 0.3) is 0 Å². The zero-order valence-corrected chi connectivity index (χ0v) is 17.4. The van der Waals surface area contributed by atoms with Gasteiger partial charge in [0.2, 0.25) is 15.9 Å². The highest BCUT2D eigenvalue weighted by Crippen LogP contribution is 2.26. The molecule has 1 fully saturated rings. The molecule has 154 valence electrons. The number of hydrogen-bond acceptors (Lipinski definition) is 7. The van der Waals surface area contributed by atoms with Crippen molar-refractivity contribution in [3.05, 3.63) is 23.3 Å². The summed E-state index contributed by atoms with van der Waals surface area (Å²) < 4.78 is 33.7. The van der Waals surface area contributed by atoms with Gasteiger partial charge in [-0.3, -0.25) is 9.48 Å². The summed E-state index contributed by atoms with van der Waals surface area (Å²) in [4.78, 5) is 14.9. The fourth-order valence-corrected chi connectivity index (χ4v) is 5.12. The Kier molecular flexibility index (Phi) is 5.84. The Morgan fingerprint density at radius 3 is 2.68 bits per heavy atom. The molecule has 3 heterocycles. The third-order valence-electron chi connectivity index (χ3n) is 5.32. The van der Waals surface area contributed by atoms with E-state index in [2.05, 4.69) is 15.4 Å². The lowest BCUT2D eigenvalue weighted by Gasteiger charge is -2.33. The van der Waals surface area contributed by atoms with Crippen molar-refractivity contribution in [2.24, 2.45) is 13.0 Å². The maximum absolute atomic E-state index is 13.1. The summed E-state index contributed by atoms with van der Waals surface area (Å²) in [5, 5.41) is 11.6. The van der Waals surface area contributed by atoms with Gasteiger partial charge in [0, 0.05) is 26.7 Å². The van der Waals surface area contributed by atoms with Crippen molar-refractivity contribution in [2.45, 2.75) is 45.1 Å². The lowest BCUT2D eigenvalue weighted by Crippen LogP contribution is -2.46. The first-order valence-electron chi connectivity index (χ1n) is 9.31. The molecule has 2 aromatic rings. The molecular weight excluding hydrogens is 384 g/mol. The number of carbonyl (C=O) groups is 1. The summed E-state index contributed by atoms with van der Waals surface area (Å²) in [6.07, 6.45) is 2.66. The molecule has 0 spiro atoms. The van der Waals surface area contributed by atoms with Gasteiger partial charge >= 0.3 is 0 Å². The quantitative estimate of drug-likeness (QED) is 0.694. The second-order valence-electron chi connectivity index (χ2n) is 7.07. The highest BCUT2D eigenvalue weighted by molar-refractivity contribution is 7.89. The predicted octanol–water partition coefficient (Wildman–Crippen LogP) is 0.869. The number of aromatic nitrogens is 4. The number of hydrogen-bond donors (Lipinski definition) is 0. The molecule has 1 unspecified atom stereocenters. The highest BCUT2D eigenvalue weighted by Gasteiger charge is 2.36. The van der Waals surface area contributed by atoms with Crippen LogP contribution in [-0.4, -0.2) is 63.3 Å². The van der Waals surface area contributed by atoms with Crippen LogP contribution in [-0.2, 0) is 28.4 Å². The first kappa shape index (κ1) is 20.5. The van der Waals surface area contributed by atoms with E-state index in [0.29, 0.717) is 49.6 Å². The molecule has 3 rings (SSSR count). The first-order chi connectivity index (χ1) is 13.3. The fourth-order valence-electron chi connectivity index (χ4n) is 3.41. The largest absolute Gasteiger partial charge is 0.337 e. The van der Waals surface area contributed by atoms with Crippen molar-refractivity contribution in [1.82, 2.24) is 29.3 Å². The van der Waals surface area contributed by atoms with Crippen LogP contribution in [0, 0.1) is 19.8 Å². The van der Waals surface area contributed by atoms with Crippen LogP contribution < -0.4 is 0 Å². The molecule has 1 aliphatic heterocycles. The average molecular weight is 411 g/mol. The predicted molar refractivity (Wildman–Crippen MR) is 99.6 cm³/mol. The Bertz CT molecular complexity index is 951. The molecule has 0 bridgehead atoms. The Labute approximate surface area is 164 Å². The second kappa shape index (κ2) is 8.00. The Hall–Kier alpha value is -2.27. The number of sulfonamides is 1. The molecule has 28 heavy (non-hydrogen) atoms. The van der Waals surface area contributed by atoms with Crippen LogP contribution in [0.1, 0.15) is 36.8 Å². The van der Waals surface area contributed by atoms with Crippen molar-refractivity contribution >= 4 is 15.9 Å². The Morgan fingerprint density at radius 2 is 2.11 bits per heavy atom. The van der Waals surface area contributed by atoms with Gasteiger partial charge in [-0.05, 0) is 33.6 Å². The second-order valence-corrected chi connectivity index (χ2v) is 8.98. The summed E-state index contributed by atoms with van der Waals surface area (Å²) in [6.45, 7) is 6.75. The summed E-state index contributed by atoms with van der Waals surface area (Å²) in [5.74, 6) is -0.465. The molecule has 0 radical (unpaired) electrons. The van der Waals surface area contributed by atoms with Gasteiger partial charge in [0.1, 0.15) is 16.3 Å². The van der Waals surface area contributed by atoms with E-state index in [-0.39, 0.29) is 23.3 Å². The van der Waals surface area contributed by atoms with E-state index >= 15 is 0 Å². The van der Waals surface area contributed by atoms with E-state index in [1.807, 2.05) is 6.92 Å². The molecule has 2 aromatic heterocycles. The van der Waals surface area contributed by atoms with E-state index in [1.54, 1.807) is 25.8 Å². The van der Waals surface area contributed by atoms with Crippen molar-refractivity contribution in [3.8, 4) is 0 Å². The highest BCUT2D eigenvalue weighted by atomic mass is 32.2. The number of nitrogens with zero attached hydrogens (tertiary/aromatic N) is 6. The Morgan fingerprint density at radius 1 is 1.36 bits per heavy atom. The maximum Gasteiger partial charge on any atom is 0.246 e. The number of carbonyl (C=O) groups excluding carboxylic acids is 1. The van der Waals surface area contributed by atoms with E-state index in [1.165, 1.54) is 15.2 Å². The number of rotatable bonds is 6. The molecule has 0 aromatic carbocycles. The van der Waals surface area contributed by atoms with Crippen molar-refractivity contribution in [2.75, 3.05) is 19.6 Å². The van der Waals surface area contributed by atoms with E-state index in [4.69, 9.17) is 4.63 Å². The van der Waals surface area contributed by atoms with Crippen LogP contribution in [0.4, 0.5) is 0 Å². The standard InChI is InChI=1S/C17H26N6O4S/c1-5-22(11-15-12(2)19-27-20-15)17(24)14-7-6-8-23(10-14)28(25,26)16-9-18-21(4)13(16)3/h9,14H,5-8,10-11H2,1-4H3. The molecule has 10 nitrogen and oxygen atoms in total. The van der Waals surface area contributed by atoms with Gasteiger partial charge in [0.15, 0.2) is 0 Å². The zero-order valence-electron chi connectivity index (χ0n) is 16.6. The monoisotopic (exact) mass is 410 g/mol. The maximum atomic E-state index is 13.1. The van der Waals surface area contributed by atoms with Gasteiger partial charge in [0.05, 0.1) is 24.4 Å². The van der Waals surface area contributed by atoms with Crippen LogP contribution in [0.15, 0.2) is 15.7 Å². The fraction of sp³-hybridized carbons (Fsp3) is 0.647. The lowest BCUT2D eigenvalue weighted by atomic mass is 9.98. The van der Waals surface area contributed by atoms with Crippen molar-refractivity contribution < 1.29 is 17.8 Å². The molecule has 0 aliphatic carbocycles. The third kappa shape index (κ3) is 3.81. The first-order valence-corrected chi connectivity index (χ1v) is 10.7. The van der Waals surface area contributed by atoms with E-state index in [9.17, 15) is 13.2 Å². The molecular formula is C17H26N6O4S. The van der Waals surface area contributed by atoms with E-state index in [0.717, 1.165) is 0 Å². The zero-order chi connectivity index (χ0) is 20.5. The normalized spacial score (nSPS) is 18.4. The molecule has 11 heteroatoms. The molecule has 1 amide bonds. The minimum Gasteiger partial charge on any atom is -0.337 e. The number of amides is 1. The molecule has 0 N–H and O–H groups in total. The van der Waals surface area contributed by atoms with Crippen molar-refractivity contribution in [3.63, 3.8) is 0 Å². The topological polar surface area (TPSA) is 114 Å². The minimum atomic E-state index is -3.69. The van der Waals surface area contributed by atoms with Crippen LogP contribution in [0.3, 0.4) is 0 Å². The molecule has 0 saturated carbocycles. The summed E-state index contributed by atoms with van der Waals surface area (Å²) in [6, 6.07) is 0. The summed E-state index contributed by atoms with van der Waals surface area (Å²) in [7, 11) is -1.98. The molecule has 1 atom stereocenters. The molecule has 1 saturated heterocycles. The van der Waals surface area contributed by atoms with Gasteiger partial charge < -0.3 is 4.90 Å². The third-order valence-corrected chi connectivity index (χ3v) is 7.29. The smallest absolute Gasteiger partial charge is 0.246 e. The van der Waals surface area contributed by atoms with Gasteiger partial charge in [-0.2, -0.15) is 9.40 Å². The van der Waals surface area contributed by atoms with Crippen LogP contribution in [0.25, 0.3) is 0 Å².